The van der Waals surface area contributed by atoms with Gasteiger partial charge in [-0.3, -0.25) is 19.2 Å². The van der Waals surface area contributed by atoms with Gasteiger partial charge in [-0.1, -0.05) is 0 Å². The summed E-state index contributed by atoms with van der Waals surface area (Å²) in [5, 5.41) is 42.6. The maximum absolute atomic E-state index is 13.2. The zero-order chi connectivity index (χ0) is 31.0. The number of anilines is 3. The summed E-state index contributed by atoms with van der Waals surface area (Å²) in [6.45, 7) is 0. The number of nitrogens with one attached hydrogen (secondary N) is 2. The third-order valence-corrected chi connectivity index (χ3v) is 6.50. The third kappa shape index (κ3) is 5.32. The number of phenols is 2. The topological polar surface area (TPSA) is 211 Å². The van der Waals surface area contributed by atoms with Gasteiger partial charge in [-0.25, -0.2) is 14.5 Å². The van der Waals surface area contributed by atoms with Gasteiger partial charge in [-0.15, -0.1) is 0 Å². The van der Waals surface area contributed by atoms with Crippen LogP contribution in [-0.2, 0) is 0 Å². The largest absolute Gasteiger partial charge is 0.508 e. The van der Waals surface area contributed by atoms with Gasteiger partial charge >= 0.3 is 11.9 Å². The van der Waals surface area contributed by atoms with Crippen LogP contribution in [0, 0.1) is 0 Å². The summed E-state index contributed by atoms with van der Waals surface area (Å²) in [5.74, 6) is -6.21. The number of imide groups is 1. The highest BCUT2D eigenvalue weighted by molar-refractivity contribution is 6.35. The number of amides is 4. The van der Waals surface area contributed by atoms with E-state index < -0.39 is 35.6 Å². The number of phenolic OH excluding ortho intramolecular Hbond substituents is 2. The smallest absolute Gasteiger partial charge is 0.337 e. The molecule has 0 radical (unpaired) electrons. The predicted octanol–water partition coefficient (Wildman–Crippen LogP) is 3.80. The SMILES string of the molecule is O=C(Nc1ccc(O)cc1C(=O)O)c1ccc(N2C(=O)c3ccc(C(=O)Nc4ccc(O)cc4C(=O)O)cc3C2=O)cc1. The van der Waals surface area contributed by atoms with Gasteiger partial charge in [0, 0.05) is 11.1 Å². The number of carbonyl (C=O) groups excluding carboxylic acids is 4. The van der Waals surface area contributed by atoms with E-state index in [9.17, 15) is 49.2 Å². The fraction of sp³-hybridized carbons (Fsp3) is 0. The molecule has 0 aromatic heterocycles. The van der Waals surface area contributed by atoms with Crippen molar-refractivity contribution in [1.29, 1.82) is 0 Å². The lowest BCUT2D eigenvalue weighted by atomic mass is 10.0. The molecule has 1 aliphatic rings. The molecule has 0 fully saturated rings. The second kappa shape index (κ2) is 10.8. The molecule has 1 heterocycles. The van der Waals surface area contributed by atoms with Crippen LogP contribution in [-0.4, -0.2) is 56.0 Å². The maximum atomic E-state index is 13.2. The highest BCUT2D eigenvalue weighted by Crippen LogP contribution is 2.30. The molecule has 4 aromatic rings. The van der Waals surface area contributed by atoms with Gasteiger partial charge in [0.15, 0.2) is 0 Å². The summed E-state index contributed by atoms with van der Waals surface area (Å²) in [5.41, 5.74) is -0.696. The molecule has 1 aliphatic heterocycles. The lowest BCUT2D eigenvalue weighted by Gasteiger charge is -2.14. The second-order valence-corrected chi connectivity index (χ2v) is 9.23. The number of fused-ring (bicyclic) bond motifs is 1. The average molecular weight is 581 g/mol. The maximum Gasteiger partial charge on any atom is 0.337 e. The van der Waals surface area contributed by atoms with Crippen molar-refractivity contribution >= 4 is 52.6 Å². The summed E-state index contributed by atoms with van der Waals surface area (Å²) < 4.78 is 0. The van der Waals surface area contributed by atoms with Crippen molar-refractivity contribution in [3.8, 4) is 11.5 Å². The Labute approximate surface area is 241 Å². The number of carbonyl (C=O) groups is 6. The van der Waals surface area contributed by atoms with Crippen LogP contribution in [0.4, 0.5) is 17.1 Å². The van der Waals surface area contributed by atoms with Crippen molar-refractivity contribution in [1.82, 2.24) is 0 Å². The van der Waals surface area contributed by atoms with Gasteiger partial charge in [0.05, 0.1) is 39.3 Å². The molecule has 5 rings (SSSR count). The number of hydrogen-bond acceptors (Lipinski definition) is 8. The van der Waals surface area contributed by atoms with Gasteiger partial charge in [0.1, 0.15) is 11.5 Å². The van der Waals surface area contributed by atoms with Gasteiger partial charge in [0.2, 0.25) is 0 Å². The Morgan fingerprint density at radius 2 is 1.02 bits per heavy atom. The van der Waals surface area contributed by atoms with Crippen molar-refractivity contribution in [3.05, 3.63) is 112 Å². The van der Waals surface area contributed by atoms with Crippen molar-refractivity contribution in [3.63, 3.8) is 0 Å². The molecule has 0 saturated heterocycles. The monoisotopic (exact) mass is 581 g/mol. The van der Waals surface area contributed by atoms with E-state index >= 15 is 0 Å². The van der Waals surface area contributed by atoms with Crippen LogP contribution in [0.3, 0.4) is 0 Å². The number of nitrogens with zero attached hydrogens (tertiary/aromatic N) is 1. The zero-order valence-electron chi connectivity index (χ0n) is 21.7. The van der Waals surface area contributed by atoms with Gasteiger partial charge in [-0.05, 0) is 78.9 Å². The Kier molecular flexibility index (Phi) is 7.05. The fourth-order valence-electron chi connectivity index (χ4n) is 4.40. The van der Waals surface area contributed by atoms with E-state index in [1.54, 1.807) is 0 Å². The number of carboxylic acids is 2. The zero-order valence-corrected chi connectivity index (χ0v) is 21.7. The quantitative estimate of drug-likeness (QED) is 0.137. The van der Waals surface area contributed by atoms with Crippen LogP contribution in [0.2, 0.25) is 0 Å². The number of rotatable bonds is 7. The average Bonchev–Trinajstić information content (AvgIpc) is 3.23. The molecule has 214 valence electrons. The Morgan fingerprint density at radius 1 is 0.558 bits per heavy atom. The molecule has 13 heteroatoms. The Morgan fingerprint density at radius 3 is 1.53 bits per heavy atom. The minimum absolute atomic E-state index is 0.0211. The van der Waals surface area contributed by atoms with E-state index in [1.165, 1.54) is 66.7 Å². The summed E-state index contributed by atoms with van der Waals surface area (Å²) in [6, 6.07) is 15.9. The standard InChI is InChI=1S/C30H19N3O10/c34-17-6-9-23(21(12-17)29(40)41)31-25(36)14-1-4-16(5-2-14)33-27(38)19-8-3-15(11-20(19)28(33)39)26(37)32-24-10-7-18(35)13-22(24)30(42)43/h1-13,34-35H,(H,31,36)(H,32,37)(H,40,41)(H,42,43). The number of carboxylic acid groups (broad SMARTS) is 2. The first-order valence-corrected chi connectivity index (χ1v) is 12.3. The highest BCUT2D eigenvalue weighted by atomic mass is 16.4. The van der Waals surface area contributed by atoms with Crippen molar-refractivity contribution < 1.29 is 49.2 Å². The summed E-state index contributed by atoms with van der Waals surface area (Å²) >= 11 is 0. The van der Waals surface area contributed by atoms with E-state index in [2.05, 4.69) is 10.6 Å². The van der Waals surface area contributed by atoms with Crippen LogP contribution < -0.4 is 15.5 Å². The third-order valence-electron chi connectivity index (χ3n) is 6.50. The molecule has 4 amide bonds. The van der Waals surface area contributed by atoms with Gasteiger partial charge in [-0.2, -0.15) is 0 Å². The molecular weight excluding hydrogens is 562 g/mol. The van der Waals surface area contributed by atoms with E-state index in [-0.39, 0.29) is 61.9 Å². The predicted molar refractivity (Wildman–Crippen MR) is 150 cm³/mol. The van der Waals surface area contributed by atoms with E-state index in [1.807, 2.05) is 0 Å². The van der Waals surface area contributed by atoms with Crippen LogP contribution in [0.5, 0.6) is 11.5 Å². The van der Waals surface area contributed by atoms with Crippen LogP contribution in [0.1, 0.15) is 62.1 Å². The molecule has 0 bridgehead atoms. The molecule has 43 heavy (non-hydrogen) atoms. The normalized spacial score (nSPS) is 12.0. The molecule has 0 saturated carbocycles. The Hall–Kier alpha value is -6.50. The molecule has 0 aliphatic carbocycles. The van der Waals surface area contributed by atoms with E-state index in [0.717, 1.165) is 17.0 Å². The van der Waals surface area contributed by atoms with Gasteiger partial charge in [0.25, 0.3) is 23.6 Å². The van der Waals surface area contributed by atoms with Crippen molar-refractivity contribution in [2.24, 2.45) is 0 Å². The summed E-state index contributed by atoms with van der Waals surface area (Å²) in [6.07, 6.45) is 0. The molecule has 4 aromatic carbocycles. The van der Waals surface area contributed by atoms with Crippen LogP contribution >= 0.6 is 0 Å². The molecule has 6 N–H and O–H groups in total. The van der Waals surface area contributed by atoms with Gasteiger partial charge < -0.3 is 31.1 Å². The summed E-state index contributed by atoms with van der Waals surface area (Å²) in [4.78, 5) is 75.7. The molecule has 0 atom stereocenters. The highest BCUT2D eigenvalue weighted by Gasteiger charge is 2.37. The Balaban J connectivity index is 1.34. The lowest BCUT2D eigenvalue weighted by molar-refractivity contribution is 0.0686. The number of aromatic hydroxyl groups is 2. The van der Waals surface area contributed by atoms with E-state index in [4.69, 9.17) is 0 Å². The minimum atomic E-state index is -1.38. The first-order valence-electron chi connectivity index (χ1n) is 12.3. The second-order valence-electron chi connectivity index (χ2n) is 9.23. The first-order chi connectivity index (χ1) is 20.4. The number of aromatic carboxylic acids is 2. The molecular formula is C30H19N3O10. The van der Waals surface area contributed by atoms with Crippen molar-refractivity contribution in [2.75, 3.05) is 15.5 Å². The van der Waals surface area contributed by atoms with Crippen LogP contribution in [0.25, 0.3) is 0 Å². The minimum Gasteiger partial charge on any atom is -0.508 e. The van der Waals surface area contributed by atoms with E-state index in [0.29, 0.717) is 0 Å². The fourth-order valence-corrected chi connectivity index (χ4v) is 4.40. The van der Waals surface area contributed by atoms with Crippen molar-refractivity contribution in [2.45, 2.75) is 0 Å². The summed E-state index contributed by atoms with van der Waals surface area (Å²) in [7, 11) is 0. The number of benzene rings is 4. The first kappa shape index (κ1) is 28.0. The molecule has 0 spiro atoms. The lowest BCUT2D eigenvalue weighted by Crippen LogP contribution is -2.29. The number of hydrogen-bond donors (Lipinski definition) is 6. The Bertz CT molecular complexity index is 1880. The van der Waals surface area contributed by atoms with Crippen LogP contribution in [0.15, 0.2) is 78.9 Å². The molecule has 13 nitrogen and oxygen atoms in total. The molecule has 0 unspecified atom stereocenters.